The maximum atomic E-state index is 15.1. The third-order valence-electron chi connectivity index (χ3n) is 9.19. The summed E-state index contributed by atoms with van der Waals surface area (Å²) in [7, 11) is 3.28. The first kappa shape index (κ1) is 35.2. The van der Waals surface area contributed by atoms with Gasteiger partial charge >= 0.3 is 6.18 Å². The fourth-order valence-electron chi connectivity index (χ4n) is 6.46. The first-order chi connectivity index (χ1) is 23.8. The number of carbonyl (C=O) groups excluding carboxylic acids is 2. The smallest absolute Gasteiger partial charge is 0.381 e. The van der Waals surface area contributed by atoms with Crippen LogP contribution >= 0.6 is 11.6 Å². The molecular weight excluding hydrogens is 681 g/mol. The number of ether oxygens (including phenoxy) is 1. The predicted octanol–water partition coefficient (Wildman–Crippen LogP) is 8.02. The molecule has 14 heteroatoms. The van der Waals surface area contributed by atoms with E-state index in [4.69, 9.17) is 16.3 Å². The Hall–Kier alpha value is -4.59. The van der Waals surface area contributed by atoms with Crippen LogP contribution in [0.3, 0.4) is 0 Å². The normalized spacial score (nSPS) is 16.9. The molecule has 2 aromatic carbocycles. The Morgan fingerprint density at radius 3 is 2.42 bits per heavy atom. The van der Waals surface area contributed by atoms with E-state index in [1.165, 1.54) is 45.5 Å². The molecule has 8 nitrogen and oxygen atoms in total. The van der Waals surface area contributed by atoms with Gasteiger partial charge in [0.05, 0.1) is 33.4 Å². The van der Waals surface area contributed by atoms with Crippen LogP contribution in [0, 0.1) is 18.6 Å². The van der Waals surface area contributed by atoms with Gasteiger partial charge in [-0.25, -0.2) is 13.8 Å². The molecule has 0 atom stereocenters. The van der Waals surface area contributed by atoms with Gasteiger partial charge in [-0.3, -0.25) is 9.59 Å². The van der Waals surface area contributed by atoms with Crippen molar-refractivity contribution in [2.75, 3.05) is 19.0 Å². The Bertz CT molecular complexity index is 2120. The summed E-state index contributed by atoms with van der Waals surface area (Å²) >= 11 is 6.62. The number of alkyl halides is 3. The summed E-state index contributed by atoms with van der Waals surface area (Å²) in [4.78, 5) is 30.3. The highest BCUT2D eigenvalue weighted by Crippen LogP contribution is 2.45. The van der Waals surface area contributed by atoms with Gasteiger partial charge in [0.25, 0.3) is 0 Å². The molecule has 0 radical (unpaired) electrons. The fourth-order valence-corrected chi connectivity index (χ4v) is 6.80. The van der Waals surface area contributed by atoms with Crippen LogP contribution < -0.4 is 10.6 Å². The number of rotatable bonds is 9. The highest BCUT2D eigenvalue weighted by atomic mass is 35.5. The minimum absolute atomic E-state index is 0.0667. The van der Waals surface area contributed by atoms with E-state index in [2.05, 4.69) is 15.6 Å². The maximum Gasteiger partial charge on any atom is 0.417 e. The number of anilines is 1. The molecule has 0 saturated heterocycles. The van der Waals surface area contributed by atoms with E-state index in [0.717, 1.165) is 43.9 Å². The summed E-state index contributed by atoms with van der Waals surface area (Å²) in [6.45, 7) is 2.04. The van der Waals surface area contributed by atoms with Crippen LogP contribution in [-0.4, -0.2) is 51.4 Å². The molecule has 0 aliphatic heterocycles. The number of nitrogens with one attached hydrogen (secondary N) is 2. The van der Waals surface area contributed by atoms with Crippen LogP contribution in [0.1, 0.15) is 53.1 Å². The van der Waals surface area contributed by atoms with E-state index in [-0.39, 0.29) is 56.1 Å². The molecule has 262 valence electrons. The zero-order valence-corrected chi connectivity index (χ0v) is 28.1. The molecule has 2 N–H and O–H groups in total. The molecule has 1 saturated carbocycles. The van der Waals surface area contributed by atoms with Gasteiger partial charge in [0, 0.05) is 55.7 Å². The quantitative estimate of drug-likeness (QED) is 0.0918. The van der Waals surface area contributed by atoms with Crippen molar-refractivity contribution in [2.45, 2.75) is 50.9 Å². The molecule has 5 aromatic rings. The van der Waals surface area contributed by atoms with Gasteiger partial charge < -0.3 is 24.3 Å². The maximum absolute atomic E-state index is 15.1. The first-order valence-corrected chi connectivity index (χ1v) is 16.3. The number of benzene rings is 2. The number of methoxy groups -OCH3 is 1. The van der Waals surface area contributed by atoms with Crippen LogP contribution in [-0.2, 0) is 22.8 Å². The van der Waals surface area contributed by atoms with Crippen LogP contribution in [0.5, 0.6) is 0 Å². The number of carbonyl (C=O) groups is 2. The molecule has 3 heterocycles. The van der Waals surface area contributed by atoms with E-state index in [0.29, 0.717) is 12.4 Å². The molecule has 1 aliphatic rings. The van der Waals surface area contributed by atoms with Crippen molar-refractivity contribution in [1.82, 2.24) is 19.3 Å². The van der Waals surface area contributed by atoms with Gasteiger partial charge in [0.2, 0.25) is 11.7 Å². The van der Waals surface area contributed by atoms with Gasteiger partial charge in [-0.15, -0.1) is 0 Å². The van der Waals surface area contributed by atoms with E-state index in [1.54, 1.807) is 27.2 Å². The Kier molecular flexibility index (Phi) is 9.84. The van der Waals surface area contributed by atoms with Crippen molar-refractivity contribution >= 4 is 45.5 Å². The summed E-state index contributed by atoms with van der Waals surface area (Å²) in [6, 6.07) is 8.52. The SMILES string of the molecule is COC1CCC(NC/C=C/C(=O)Nc2c(F)cc(C(=O)c3ccc4c(-c5c(C(F)(F)F)cc6c(nc(C)n6C)c5Cl)cccn34)cc2F)CC1. The second-order valence-corrected chi connectivity index (χ2v) is 12.6. The molecular formula is C36H33ClF5N5O3. The van der Waals surface area contributed by atoms with Crippen LogP contribution in [0.25, 0.3) is 27.7 Å². The number of halogens is 6. The van der Waals surface area contributed by atoms with Gasteiger partial charge in [0.15, 0.2) is 0 Å². The molecule has 1 amide bonds. The lowest BCUT2D eigenvalue weighted by Crippen LogP contribution is -2.35. The Labute approximate surface area is 288 Å². The highest BCUT2D eigenvalue weighted by molar-refractivity contribution is 6.38. The van der Waals surface area contributed by atoms with Crippen molar-refractivity contribution in [3.05, 3.63) is 100 Å². The average molecular weight is 714 g/mol. The van der Waals surface area contributed by atoms with Gasteiger partial charge in [0.1, 0.15) is 28.7 Å². The second-order valence-electron chi connectivity index (χ2n) is 12.2. The zero-order valence-electron chi connectivity index (χ0n) is 27.3. The molecule has 0 spiro atoms. The number of hydrogen-bond acceptors (Lipinski definition) is 5. The Balaban J connectivity index is 1.24. The number of nitrogens with zero attached hydrogens (tertiary/aromatic N) is 3. The molecule has 50 heavy (non-hydrogen) atoms. The first-order valence-electron chi connectivity index (χ1n) is 15.9. The van der Waals surface area contributed by atoms with Crippen LogP contribution in [0.2, 0.25) is 5.02 Å². The van der Waals surface area contributed by atoms with E-state index >= 15 is 8.78 Å². The predicted molar refractivity (Wildman–Crippen MR) is 180 cm³/mol. The topological polar surface area (TPSA) is 89.7 Å². The summed E-state index contributed by atoms with van der Waals surface area (Å²) in [5.74, 6) is -3.45. The molecule has 0 unspecified atom stereocenters. The molecule has 0 bridgehead atoms. The van der Waals surface area contributed by atoms with Crippen molar-refractivity contribution in [1.29, 1.82) is 0 Å². The number of ketones is 1. The van der Waals surface area contributed by atoms with Gasteiger partial charge in [-0.1, -0.05) is 23.7 Å². The number of fused-ring (bicyclic) bond motifs is 2. The fraction of sp³-hybridized carbons (Fsp3) is 0.306. The molecule has 6 rings (SSSR count). The number of aromatic nitrogens is 3. The third-order valence-corrected chi connectivity index (χ3v) is 9.56. The lowest BCUT2D eigenvalue weighted by molar-refractivity contribution is -0.137. The standard InChI is InChI=1S/C36H33ClF5N5O3/c1-19-44-34-29(46(19)2)18-24(36(40,41)42)31(32(34)37)23-6-5-15-47-27(23)12-13-28(47)35(49)20-16-25(38)33(26(39)17-20)45-30(48)7-4-14-43-21-8-10-22(50-3)11-9-21/h4-7,12-13,15-18,21-22,43H,8-11,14H2,1-3H3,(H,45,48)/b7-4+. The van der Waals surface area contributed by atoms with E-state index < -0.39 is 40.8 Å². The lowest BCUT2D eigenvalue weighted by Gasteiger charge is -2.27. The van der Waals surface area contributed by atoms with Crippen molar-refractivity contribution < 1.29 is 36.3 Å². The average Bonchev–Trinajstić information content (AvgIpc) is 3.65. The largest absolute Gasteiger partial charge is 0.417 e. The van der Waals surface area contributed by atoms with Crippen molar-refractivity contribution in [2.24, 2.45) is 7.05 Å². The number of amides is 1. The third kappa shape index (κ3) is 6.77. The molecule has 3 aromatic heterocycles. The summed E-state index contributed by atoms with van der Waals surface area (Å²) in [5.41, 5.74) is -1.80. The summed E-state index contributed by atoms with van der Waals surface area (Å²) in [6.07, 6.45) is 3.41. The lowest BCUT2D eigenvalue weighted by atomic mass is 9.93. The highest BCUT2D eigenvalue weighted by Gasteiger charge is 2.37. The Morgan fingerprint density at radius 1 is 1.06 bits per heavy atom. The monoisotopic (exact) mass is 713 g/mol. The Morgan fingerprint density at radius 2 is 1.76 bits per heavy atom. The molecule has 1 fully saturated rings. The van der Waals surface area contributed by atoms with Crippen LogP contribution in [0.15, 0.2) is 60.8 Å². The van der Waals surface area contributed by atoms with Crippen molar-refractivity contribution in [3.63, 3.8) is 0 Å². The van der Waals surface area contributed by atoms with E-state index in [1.807, 2.05) is 0 Å². The zero-order chi connectivity index (χ0) is 35.9. The minimum Gasteiger partial charge on any atom is -0.381 e. The number of aryl methyl sites for hydroxylation is 2. The molecule has 1 aliphatic carbocycles. The number of hydrogen-bond donors (Lipinski definition) is 2. The van der Waals surface area contributed by atoms with Gasteiger partial charge in [-0.2, -0.15) is 13.2 Å². The minimum atomic E-state index is -4.79. The number of imidazole rings is 1. The van der Waals surface area contributed by atoms with E-state index in [9.17, 15) is 22.8 Å². The summed E-state index contributed by atoms with van der Waals surface area (Å²) in [5, 5.41) is 5.29. The summed E-state index contributed by atoms with van der Waals surface area (Å²) < 4.78 is 81.8. The van der Waals surface area contributed by atoms with Crippen molar-refractivity contribution in [3.8, 4) is 11.1 Å². The van der Waals surface area contributed by atoms with Gasteiger partial charge in [-0.05, 0) is 69.0 Å². The second kappa shape index (κ2) is 14.0. The number of pyridine rings is 1. The van der Waals surface area contributed by atoms with Crippen LogP contribution in [0.4, 0.5) is 27.6 Å².